The highest BCUT2D eigenvalue weighted by Gasteiger charge is 2.25. The Bertz CT molecular complexity index is 1560. The van der Waals surface area contributed by atoms with Crippen LogP contribution in [0.1, 0.15) is 95.2 Å². The van der Waals surface area contributed by atoms with E-state index < -0.39 is 5.60 Å². The molecule has 4 rings (SSSR count). The fourth-order valence-electron chi connectivity index (χ4n) is 5.54. The summed E-state index contributed by atoms with van der Waals surface area (Å²) in [6, 6.07) is 9.55. The lowest BCUT2D eigenvalue weighted by Crippen LogP contribution is -2.43. The van der Waals surface area contributed by atoms with Crippen LogP contribution in [0.5, 0.6) is 0 Å². The summed E-state index contributed by atoms with van der Waals surface area (Å²) in [6.07, 6.45) is 5.42. The van der Waals surface area contributed by atoms with Gasteiger partial charge in [-0.1, -0.05) is 6.07 Å². The van der Waals surface area contributed by atoms with Gasteiger partial charge in [-0.25, -0.2) is 4.79 Å². The zero-order valence-electron chi connectivity index (χ0n) is 26.4. The monoisotopic (exact) mass is 601 g/mol. The lowest BCUT2D eigenvalue weighted by molar-refractivity contribution is 0.0489. The molecule has 0 saturated heterocycles. The van der Waals surface area contributed by atoms with Gasteiger partial charge in [0.25, 0.3) is 11.5 Å². The van der Waals surface area contributed by atoms with Gasteiger partial charge in [0.05, 0.1) is 0 Å². The summed E-state index contributed by atoms with van der Waals surface area (Å²) in [5.74, 6) is -0.281. The molecule has 2 aromatic heterocycles. The molecular formula is C34H43N5O5. The van der Waals surface area contributed by atoms with Crippen molar-refractivity contribution in [3.8, 4) is 11.1 Å². The Kier molecular flexibility index (Phi) is 10.4. The van der Waals surface area contributed by atoms with E-state index in [1.807, 2.05) is 65.8 Å². The van der Waals surface area contributed by atoms with Crippen molar-refractivity contribution in [1.82, 2.24) is 25.9 Å². The normalized spacial score (nSPS) is 16.7. The van der Waals surface area contributed by atoms with Crippen LogP contribution in [-0.4, -0.2) is 45.9 Å². The molecule has 4 N–H and O–H groups in total. The third kappa shape index (κ3) is 8.63. The third-order valence-electron chi connectivity index (χ3n) is 7.95. The van der Waals surface area contributed by atoms with Crippen LogP contribution in [0.25, 0.3) is 11.1 Å². The summed E-state index contributed by atoms with van der Waals surface area (Å²) in [5.41, 5.74) is 5.58. The molecule has 1 saturated carbocycles. The predicted octanol–water partition coefficient (Wildman–Crippen LogP) is 5.03. The van der Waals surface area contributed by atoms with Gasteiger partial charge in [-0.15, -0.1) is 0 Å². The first-order chi connectivity index (χ1) is 20.8. The SMILES string of the molecule is Cc1cc(C)c(CNC(=O)c2cc(-c3ccc(C=O)nc3)cc(CNC3CCC(NC(=O)OC(C)(C)C)CC3)c2C)c(=O)[nH]1. The van der Waals surface area contributed by atoms with E-state index in [1.165, 1.54) is 0 Å². The van der Waals surface area contributed by atoms with E-state index in [9.17, 15) is 19.2 Å². The highest BCUT2D eigenvalue weighted by molar-refractivity contribution is 5.97. The van der Waals surface area contributed by atoms with Gasteiger partial charge < -0.3 is 25.7 Å². The summed E-state index contributed by atoms with van der Waals surface area (Å²) < 4.78 is 5.40. The average Bonchev–Trinajstić information content (AvgIpc) is 2.95. The quantitative estimate of drug-likeness (QED) is 0.252. The molecule has 1 aliphatic rings. The van der Waals surface area contributed by atoms with Gasteiger partial charge in [0, 0.05) is 53.8 Å². The van der Waals surface area contributed by atoms with Gasteiger partial charge >= 0.3 is 6.09 Å². The second-order valence-corrected chi connectivity index (χ2v) is 12.6. The van der Waals surface area contributed by atoms with Crippen LogP contribution in [0.2, 0.25) is 0 Å². The van der Waals surface area contributed by atoms with Crippen molar-refractivity contribution in [3.63, 3.8) is 0 Å². The molecule has 1 fully saturated rings. The first-order valence-corrected chi connectivity index (χ1v) is 15.1. The van der Waals surface area contributed by atoms with Crippen molar-refractivity contribution in [2.45, 2.75) is 98.0 Å². The number of H-pyrrole nitrogens is 1. The number of carbonyl (C=O) groups excluding carboxylic acids is 3. The van der Waals surface area contributed by atoms with Crippen LogP contribution in [0, 0.1) is 20.8 Å². The maximum Gasteiger partial charge on any atom is 0.407 e. The van der Waals surface area contributed by atoms with Crippen LogP contribution in [0.3, 0.4) is 0 Å². The molecule has 1 aliphatic carbocycles. The fraction of sp³-hybridized carbons (Fsp3) is 0.441. The molecule has 1 aromatic carbocycles. The number of nitrogens with one attached hydrogen (secondary N) is 4. The van der Waals surface area contributed by atoms with Crippen molar-refractivity contribution in [3.05, 3.63) is 86.1 Å². The Labute approximate surface area is 258 Å². The molecule has 10 heteroatoms. The zero-order chi connectivity index (χ0) is 32.0. The topological polar surface area (TPSA) is 142 Å². The van der Waals surface area contributed by atoms with Crippen molar-refractivity contribution in [1.29, 1.82) is 0 Å². The second kappa shape index (κ2) is 14.0. The van der Waals surface area contributed by atoms with Crippen LogP contribution in [0.4, 0.5) is 4.79 Å². The van der Waals surface area contributed by atoms with Crippen molar-refractivity contribution in [2.75, 3.05) is 0 Å². The number of ether oxygens (including phenoxy) is 1. The van der Waals surface area contributed by atoms with Gasteiger partial charge in [-0.05, 0) is 114 Å². The molecule has 2 heterocycles. The van der Waals surface area contributed by atoms with Crippen molar-refractivity contribution >= 4 is 18.3 Å². The van der Waals surface area contributed by atoms with E-state index in [0.29, 0.717) is 29.7 Å². The number of rotatable bonds is 9. The lowest BCUT2D eigenvalue weighted by atomic mass is 9.90. The third-order valence-corrected chi connectivity index (χ3v) is 7.95. The van der Waals surface area contributed by atoms with Crippen LogP contribution in [0.15, 0.2) is 41.3 Å². The van der Waals surface area contributed by atoms with Crippen molar-refractivity contribution < 1.29 is 19.1 Å². The number of benzene rings is 1. The largest absolute Gasteiger partial charge is 0.444 e. The Morgan fingerprint density at radius 3 is 2.32 bits per heavy atom. The van der Waals surface area contributed by atoms with E-state index >= 15 is 0 Å². The molecule has 0 unspecified atom stereocenters. The Morgan fingerprint density at radius 1 is 1.00 bits per heavy atom. The molecule has 3 aromatic rings. The molecule has 234 valence electrons. The molecule has 44 heavy (non-hydrogen) atoms. The molecule has 0 radical (unpaired) electrons. The predicted molar refractivity (Wildman–Crippen MR) is 170 cm³/mol. The number of hydrogen-bond donors (Lipinski definition) is 4. The standard InChI is InChI=1S/C34H43N5O5/c1-20-13-21(2)38-32(42)30(20)18-37-31(41)29-15-24(23-7-8-28(19-40)36-16-23)14-25(22(29)3)17-35-26-9-11-27(12-10-26)39-33(43)44-34(4,5)6/h7-8,13-16,19,26-27,35H,9-12,17-18H2,1-6H3,(H,37,41)(H,38,42)(H,39,43). The van der Waals surface area contributed by atoms with Crippen LogP contribution in [-0.2, 0) is 17.8 Å². The van der Waals surface area contributed by atoms with E-state index in [2.05, 4.69) is 25.9 Å². The zero-order valence-corrected chi connectivity index (χ0v) is 26.4. The summed E-state index contributed by atoms with van der Waals surface area (Å²) in [7, 11) is 0. The smallest absolute Gasteiger partial charge is 0.407 e. The number of aldehydes is 1. The molecular weight excluding hydrogens is 558 g/mol. The molecule has 2 amide bonds. The Morgan fingerprint density at radius 2 is 1.70 bits per heavy atom. The highest BCUT2D eigenvalue weighted by Crippen LogP contribution is 2.27. The number of aromatic amines is 1. The highest BCUT2D eigenvalue weighted by atomic mass is 16.6. The number of pyridine rings is 2. The molecule has 10 nitrogen and oxygen atoms in total. The number of aromatic nitrogens is 2. The fourth-order valence-corrected chi connectivity index (χ4v) is 5.54. The van der Waals surface area contributed by atoms with E-state index in [4.69, 9.17) is 4.74 Å². The molecule has 0 atom stereocenters. The number of alkyl carbamates (subject to hydrolysis) is 1. The summed E-state index contributed by atoms with van der Waals surface area (Å²) in [5, 5.41) is 9.57. The van der Waals surface area contributed by atoms with Gasteiger partial charge in [0.1, 0.15) is 11.3 Å². The summed E-state index contributed by atoms with van der Waals surface area (Å²) in [6.45, 7) is 11.8. The van der Waals surface area contributed by atoms with Crippen LogP contribution >= 0.6 is 0 Å². The van der Waals surface area contributed by atoms with E-state index in [1.54, 1.807) is 12.3 Å². The number of aryl methyl sites for hydroxylation is 2. The van der Waals surface area contributed by atoms with Crippen molar-refractivity contribution in [2.24, 2.45) is 0 Å². The molecule has 0 bridgehead atoms. The maximum atomic E-state index is 13.5. The minimum Gasteiger partial charge on any atom is -0.444 e. The summed E-state index contributed by atoms with van der Waals surface area (Å²) in [4.78, 5) is 56.4. The number of nitrogens with zero attached hydrogens (tertiary/aromatic N) is 1. The van der Waals surface area contributed by atoms with E-state index in [-0.39, 0.29) is 36.2 Å². The van der Waals surface area contributed by atoms with Gasteiger partial charge in [0.2, 0.25) is 0 Å². The molecule has 0 spiro atoms. The Balaban J connectivity index is 1.49. The number of amides is 2. The number of hydrogen-bond acceptors (Lipinski definition) is 7. The second-order valence-electron chi connectivity index (χ2n) is 12.6. The van der Waals surface area contributed by atoms with Gasteiger partial charge in [-0.3, -0.25) is 19.4 Å². The van der Waals surface area contributed by atoms with E-state index in [0.717, 1.165) is 59.2 Å². The summed E-state index contributed by atoms with van der Waals surface area (Å²) >= 11 is 0. The first-order valence-electron chi connectivity index (χ1n) is 15.1. The average molecular weight is 602 g/mol. The number of carbonyl (C=O) groups is 3. The maximum absolute atomic E-state index is 13.5. The first kappa shape index (κ1) is 32.6. The van der Waals surface area contributed by atoms with Gasteiger partial charge in [0.15, 0.2) is 6.29 Å². The van der Waals surface area contributed by atoms with Crippen LogP contribution < -0.4 is 21.5 Å². The Hall–Kier alpha value is -4.31. The van der Waals surface area contributed by atoms with Gasteiger partial charge in [-0.2, -0.15) is 0 Å². The minimum absolute atomic E-state index is 0.0782. The lowest BCUT2D eigenvalue weighted by Gasteiger charge is -2.31. The minimum atomic E-state index is -0.533. The molecule has 0 aliphatic heterocycles.